The van der Waals surface area contributed by atoms with Gasteiger partial charge in [0.2, 0.25) is 0 Å². The predicted molar refractivity (Wildman–Crippen MR) is 68.8 cm³/mol. The van der Waals surface area contributed by atoms with Crippen LogP contribution in [0.25, 0.3) is 0 Å². The van der Waals surface area contributed by atoms with Crippen molar-refractivity contribution in [3.05, 3.63) is 28.8 Å². The van der Waals surface area contributed by atoms with Crippen LogP contribution in [0.1, 0.15) is 25.0 Å². The highest BCUT2D eigenvalue weighted by atomic mass is 35.5. The van der Waals surface area contributed by atoms with E-state index in [9.17, 15) is 9.90 Å². The van der Waals surface area contributed by atoms with Crippen molar-refractivity contribution in [3.63, 3.8) is 0 Å². The fourth-order valence-electron chi connectivity index (χ4n) is 1.65. The lowest BCUT2D eigenvalue weighted by Gasteiger charge is -2.18. The lowest BCUT2D eigenvalue weighted by molar-refractivity contribution is -0.142. The average Bonchev–Trinajstić information content (AvgIpc) is 2.37. The Labute approximate surface area is 111 Å². The number of methoxy groups -OCH3 is 2. The first-order valence-electron chi connectivity index (χ1n) is 5.58. The summed E-state index contributed by atoms with van der Waals surface area (Å²) in [5.74, 6) is -0.0451. The number of halogens is 1. The van der Waals surface area contributed by atoms with Gasteiger partial charge in [0.1, 0.15) is 5.75 Å². The molecule has 0 saturated carbocycles. The molecule has 0 bridgehead atoms. The van der Waals surface area contributed by atoms with Gasteiger partial charge in [0.05, 0.1) is 31.8 Å². The Morgan fingerprint density at radius 3 is 2.61 bits per heavy atom. The van der Waals surface area contributed by atoms with E-state index < -0.39 is 6.10 Å². The number of benzene rings is 1. The van der Waals surface area contributed by atoms with Crippen molar-refractivity contribution >= 4 is 17.6 Å². The molecule has 1 rings (SSSR count). The summed E-state index contributed by atoms with van der Waals surface area (Å²) in [5, 5.41) is 10.5. The fourth-order valence-corrected chi connectivity index (χ4v) is 1.92. The monoisotopic (exact) mass is 272 g/mol. The summed E-state index contributed by atoms with van der Waals surface area (Å²) in [6, 6.07) is 5.05. The quantitative estimate of drug-likeness (QED) is 0.837. The molecule has 0 amide bonds. The molecule has 2 atom stereocenters. The van der Waals surface area contributed by atoms with E-state index in [1.54, 1.807) is 25.1 Å². The number of carbonyl (C=O) groups is 1. The topological polar surface area (TPSA) is 55.8 Å². The van der Waals surface area contributed by atoms with E-state index in [-0.39, 0.29) is 18.3 Å². The van der Waals surface area contributed by atoms with E-state index >= 15 is 0 Å². The van der Waals surface area contributed by atoms with Crippen LogP contribution in [0.5, 0.6) is 5.75 Å². The maximum atomic E-state index is 11.1. The molecular weight excluding hydrogens is 256 g/mol. The summed E-state index contributed by atoms with van der Waals surface area (Å²) in [7, 11) is 2.85. The predicted octanol–water partition coefficient (Wildman–Crippen LogP) is 2.58. The molecule has 2 unspecified atom stereocenters. The molecule has 0 aliphatic rings. The summed E-state index contributed by atoms with van der Waals surface area (Å²) in [6.45, 7) is 1.78. The van der Waals surface area contributed by atoms with Gasteiger partial charge >= 0.3 is 5.97 Å². The Balaban J connectivity index is 2.80. The van der Waals surface area contributed by atoms with Crippen molar-refractivity contribution < 1.29 is 19.4 Å². The zero-order valence-corrected chi connectivity index (χ0v) is 11.4. The van der Waals surface area contributed by atoms with E-state index in [0.29, 0.717) is 16.3 Å². The third kappa shape index (κ3) is 3.62. The van der Waals surface area contributed by atoms with Crippen LogP contribution >= 0.6 is 11.6 Å². The molecule has 4 nitrogen and oxygen atoms in total. The molecule has 0 spiro atoms. The SMILES string of the molecule is COC(=O)CC(C)C(O)c1ccc(OC)c(Cl)c1. The molecule has 100 valence electrons. The third-order valence-corrected chi connectivity index (χ3v) is 3.07. The third-order valence-electron chi connectivity index (χ3n) is 2.77. The van der Waals surface area contributed by atoms with E-state index in [2.05, 4.69) is 4.74 Å². The molecule has 1 aromatic rings. The summed E-state index contributed by atoms with van der Waals surface area (Å²) in [5.41, 5.74) is 0.650. The fraction of sp³-hybridized carbons (Fsp3) is 0.462. The van der Waals surface area contributed by atoms with E-state index in [0.717, 1.165) is 0 Å². The van der Waals surface area contributed by atoms with Crippen LogP contribution in [0, 0.1) is 5.92 Å². The molecule has 0 radical (unpaired) electrons. The maximum Gasteiger partial charge on any atom is 0.305 e. The molecule has 0 fully saturated rings. The molecule has 5 heteroatoms. The molecule has 0 aromatic heterocycles. The van der Waals surface area contributed by atoms with Gasteiger partial charge in [-0.25, -0.2) is 0 Å². The van der Waals surface area contributed by atoms with Gasteiger partial charge < -0.3 is 14.6 Å². The summed E-state index contributed by atoms with van der Waals surface area (Å²) < 4.78 is 9.61. The van der Waals surface area contributed by atoms with E-state index in [1.807, 2.05) is 0 Å². The van der Waals surface area contributed by atoms with Crippen LogP contribution in [0.4, 0.5) is 0 Å². The van der Waals surface area contributed by atoms with Crippen LogP contribution in [0.15, 0.2) is 18.2 Å². The second-order valence-electron chi connectivity index (χ2n) is 4.10. The van der Waals surface area contributed by atoms with Gasteiger partial charge in [-0.2, -0.15) is 0 Å². The van der Waals surface area contributed by atoms with Gasteiger partial charge in [-0.05, 0) is 23.6 Å². The number of rotatable bonds is 5. The Bertz CT molecular complexity index is 419. The van der Waals surface area contributed by atoms with Crippen molar-refractivity contribution in [1.29, 1.82) is 0 Å². The van der Waals surface area contributed by atoms with Crippen LogP contribution in [0.3, 0.4) is 0 Å². The van der Waals surface area contributed by atoms with E-state index in [1.165, 1.54) is 14.2 Å². The van der Waals surface area contributed by atoms with Gasteiger partial charge in [-0.1, -0.05) is 24.6 Å². The van der Waals surface area contributed by atoms with Crippen LogP contribution in [-0.2, 0) is 9.53 Å². The van der Waals surface area contributed by atoms with Gasteiger partial charge in [0.15, 0.2) is 0 Å². The van der Waals surface area contributed by atoms with Crippen molar-refractivity contribution in [1.82, 2.24) is 0 Å². The first-order chi connectivity index (χ1) is 8.49. The minimum atomic E-state index is -0.771. The Morgan fingerprint density at radius 2 is 2.11 bits per heavy atom. The average molecular weight is 273 g/mol. The Morgan fingerprint density at radius 1 is 1.44 bits per heavy atom. The molecule has 1 aromatic carbocycles. The van der Waals surface area contributed by atoms with Crippen molar-refractivity contribution in [2.45, 2.75) is 19.4 Å². The zero-order valence-electron chi connectivity index (χ0n) is 10.6. The number of esters is 1. The Hall–Kier alpha value is -1.26. The molecule has 0 aliphatic heterocycles. The number of ether oxygens (including phenoxy) is 2. The van der Waals surface area contributed by atoms with Crippen molar-refractivity contribution in [3.8, 4) is 5.75 Å². The number of carbonyl (C=O) groups excluding carboxylic acids is 1. The van der Waals surface area contributed by atoms with Gasteiger partial charge in [0, 0.05) is 0 Å². The standard InChI is InChI=1S/C13H17ClO4/c1-8(6-12(15)18-3)13(16)9-4-5-11(17-2)10(14)7-9/h4-5,7-8,13,16H,6H2,1-3H3. The minimum absolute atomic E-state index is 0.154. The molecule has 18 heavy (non-hydrogen) atoms. The highest BCUT2D eigenvalue weighted by molar-refractivity contribution is 6.32. The first-order valence-corrected chi connectivity index (χ1v) is 5.95. The summed E-state index contributed by atoms with van der Waals surface area (Å²) >= 11 is 5.98. The second kappa shape index (κ2) is 6.61. The zero-order chi connectivity index (χ0) is 13.7. The van der Waals surface area contributed by atoms with Crippen molar-refractivity contribution in [2.24, 2.45) is 5.92 Å². The largest absolute Gasteiger partial charge is 0.495 e. The van der Waals surface area contributed by atoms with Crippen LogP contribution < -0.4 is 4.74 Å². The van der Waals surface area contributed by atoms with Gasteiger partial charge in [-0.3, -0.25) is 4.79 Å². The lowest BCUT2D eigenvalue weighted by Crippen LogP contribution is -2.15. The molecule has 1 N–H and O–H groups in total. The number of aliphatic hydroxyl groups is 1. The van der Waals surface area contributed by atoms with Gasteiger partial charge in [0.25, 0.3) is 0 Å². The minimum Gasteiger partial charge on any atom is -0.495 e. The second-order valence-corrected chi connectivity index (χ2v) is 4.50. The normalized spacial score (nSPS) is 13.8. The Kier molecular flexibility index (Phi) is 5.44. The van der Waals surface area contributed by atoms with Gasteiger partial charge in [-0.15, -0.1) is 0 Å². The van der Waals surface area contributed by atoms with Crippen LogP contribution in [0.2, 0.25) is 5.02 Å². The first kappa shape index (κ1) is 14.8. The molecule has 0 saturated heterocycles. The highest BCUT2D eigenvalue weighted by Gasteiger charge is 2.20. The summed E-state index contributed by atoms with van der Waals surface area (Å²) in [6.07, 6.45) is -0.617. The lowest BCUT2D eigenvalue weighted by atomic mass is 9.94. The highest BCUT2D eigenvalue weighted by Crippen LogP contribution is 2.31. The smallest absolute Gasteiger partial charge is 0.305 e. The summed E-state index contributed by atoms with van der Waals surface area (Å²) in [4.78, 5) is 11.1. The number of hydrogen-bond acceptors (Lipinski definition) is 4. The molecular formula is C13H17ClO4. The number of hydrogen-bond donors (Lipinski definition) is 1. The maximum absolute atomic E-state index is 11.1. The number of aliphatic hydroxyl groups excluding tert-OH is 1. The molecule has 0 heterocycles. The molecule has 0 aliphatic carbocycles. The van der Waals surface area contributed by atoms with Crippen molar-refractivity contribution in [2.75, 3.05) is 14.2 Å². The van der Waals surface area contributed by atoms with E-state index in [4.69, 9.17) is 16.3 Å². The van der Waals surface area contributed by atoms with Crippen LogP contribution in [-0.4, -0.2) is 25.3 Å².